The van der Waals surface area contributed by atoms with Crippen molar-refractivity contribution in [2.24, 2.45) is 0 Å². The van der Waals surface area contributed by atoms with Crippen molar-refractivity contribution < 1.29 is 4.79 Å². The number of aryl methyl sites for hydroxylation is 1. The highest BCUT2D eigenvalue weighted by Crippen LogP contribution is 2.32. The van der Waals surface area contributed by atoms with Gasteiger partial charge in [-0.2, -0.15) is 5.26 Å². The van der Waals surface area contributed by atoms with E-state index in [9.17, 15) is 4.79 Å². The molecule has 0 aliphatic heterocycles. The lowest BCUT2D eigenvalue weighted by molar-refractivity contribution is -0.120. The van der Waals surface area contributed by atoms with Gasteiger partial charge in [0, 0.05) is 18.2 Å². The van der Waals surface area contributed by atoms with Crippen LogP contribution >= 0.6 is 0 Å². The number of aromatic nitrogens is 1. The quantitative estimate of drug-likeness (QED) is 0.377. The number of carbonyl (C=O) groups is 1. The first kappa shape index (κ1) is 22.8. The minimum Gasteiger partial charge on any atom is -0.309 e. The minimum atomic E-state index is -1.06. The van der Waals surface area contributed by atoms with Gasteiger partial charge in [0.05, 0.1) is 6.07 Å². The van der Waals surface area contributed by atoms with Gasteiger partial charge < -0.3 is 5.32 Å². The van der Waals surface area contributed by atoms with Crippen molar-refractivity contribution in [3.63, 3.8) is 0 Å². The van der Waals surface area contributed by atoms with Crippen LogP contribution in [-0.4, -0.2) is 10.9 Å². The first-order valence-corrected chi connectivity index (χ1v) is 10.9. The second kappa shape index (κ2) is 11.5. The zero-order chi connectivity index (χ0) is 22.7. The lowest BCUT2D eigenvalue weighted by Gasteiger charge is -2.28. The Morgan fingerprint density at radius 1 is 1.00 bits per heavy atom. The van der Waals surface area contributed by atoms with Gasteiger partial charge in [0.1, 0.15) is 11.2 Å². The van der Waals surface area contributed by atoms with E-state index in [0.29, 0.717) is 25.1 Å². The minimum absolute atomic E-state index is 0.211. The molecule has 4 heteroatoms. The molecule has 1 aromatic heterocycles. The maximum absolute atomic E-state index is 13.7. The molecule has 1 amide bonds. The number of nitriles is 1. The summed E-state index contributed by atoms with van der Waals surface area (Å²) in [5, 5.41) is 11.9. The summed E-state index contributed by atoms with van der Waals surface area (Å²) in [6, 6.07) is 25.4. The Kier molecular flexibility index (Phi) is 8.18. The number of amides is 1. The number of anilines is 1. The van der Waals surface area contributed by atoms with Crippen LogP contribution in [0.15, 0.2) is 79.0 Å². The molecule has 0 radical (unpaired) electrons. The van der Waals surface area contributed by atoms with Crippen molar-refractivity contribution in [1.29, 1.82) is 5.26 Å². The van der Waals surface area contributed by atoms with Gasteiger partial charge in [-0.25, -0.2) is 4.98 Å². The zero-order valence-electron chi connectivity index (χ0n) is 18.3. The molecule has 3 aromatic rings. The molecule has 2 aromatic carbocycles. The first-order valence-electron chi connectivity index (χ1n) is 10.9. The predicted octanol–water partition coefficient (Wildman–Crippen LogP) is 5.66. The third-order valence-electron chi connectivity index (χ3n) is 5.43. The van der Waals surface area contributed by atoms with Crippen LogP contribution in [0.1, 0.15) is 49.3 Å². The van der Waals surface area contributed by atoms with Crippen LogP contribution in [-0.2, 0) is 16.6 Å². The second-order valence-corrected chi connectivity index (χ2v) is 7.61. The first-order chi connectivity index (χ1) is 15.7. The van der Waals surface area contributed by atoms with Crippen LogP contribution in [0.3, 0.4) is 0 Å². The Morgan fingerprint density at radius 3 is 2.41 bits per heavy atom. The number of pyridine rings is 1. The third kappa shape index (κ3) is 5.84. The van der Waals surface area contributed by atoms with Gasteiger partial charge in [-0.1, -0.05) is 73.7 Å². The summed E-state index contributed by atoms with van der Waals surface area (Å²) >= 11 is 0. The lowest BCUT2D eigenvalue weighted by Crippen LogP contribution is -2.39. The summed E-state index contributed by atoms with van der Waals surface area (Å²) in [6.07, 6.45) is 5.01. The Balaban J connectivity index is 2.04. The van der Waals surface area contributed by atoms with Crippen LogP contribution in [0, 0.1) is 23.2 Å². The standard InChI is InChI=1S/C28H27N3O/c1-2-23-14-16-24(17-15-23)18-20-28(19-8-4-9-21-29,25-11-5-3-6-12-25)27(32)31-26-13-7-10-22-30-26/h3,5-7,10-17,22H,2,4,8-9,19H2,1H3,(H,30,31,32). The largest absolute Gasteiger partial charge is 0.309 e. The van der Waals surface area contributed by atoms with Gasteiger partial charge in [0.15, 0.2) is 0 Å². The molecule has 0 saturated heterocycles. The smallest absolute Gasteiger partial charge is 0.248 e. The van der Waals surface area contributed by atoms with Gasteiger partial charge in [0.2, 0.25) is 5.91 Å². The Labute approximate surface area is 190 Å². The van der Waals surface area contributed by atoms with Crippen molar-refractivity contribution in [2.45, 2.75) is 44.4 Å². The van der Waals surface area contributed by atoms with Crippen LogP contribution in [0.25, 0.3) is 0 Å². The molecule has 1 heterocycles. The molecule has 0 saturated carbocycles. The second-order valence-electron chi connectivity index (χ2n) is 7.61. The van der Waals surface area contributed by atoms with Crippen LogP contribution < -0.4 is 5.32 Å². The molecule has 0 aliphatic rings. The number of benzene rings is 2. The van der Waals surface area contributed by atoms with Crippen molar-refractivity contribution in [2.75, 3.05) is 5.32 Å². The van der Waals surface area contributed by atoms with E-state index in [4.69, 9.17) is 5.26 Å². The molecule has 3 rings (SSSR count). The molecule has 0 spiro atoms. The fourth-order valence-electron chi connectivity index (χ4n) is 3.56. The molecular weight excluding hydrogens is 394 g/mol. The highest BCUT2D eigenvalue weighted by molar-refractivity contribution is 6.01. The molecule has 0 bridgehead atoms. The average Bonchev–Trinajstić information content (AvgIpc) is 2.85. The number of hydrogen-bond acceptors (Lipinski definition) is 3. The normalized spacial score (nSPS) is 12.0. The Bertz CT molecular complexity index is 1110. The van der Waals surface area contributed by atoms with E-state index < -0.39 is 5.41 Å². The van der Waals surface area contributed by atoms with Crippen LogP contribution in [0.5, 0.6) is 0 Å². The van der Waals surface area contributed by atoms with Crippen molar-refractivity contribution >= 4 is 11.7 Å². The molecule has 1 atom stereocenters. The third-order valence-corrected chi connectivity index (χ3v) is 5.43. The summed E-state index contributed by atoms with van der Waals surface area (Å²) in [5.41, 5.74) is 1.89. The topological polar surface area (TPSA) is 65.8 Å². The maximum atomic E-state index is 13.7. The monoisotopic (exact) mass is 421 g/mol. The number of nitrogens with one attached hydrogen (secondary N) is 1. The van der Waals surface area contributed by atoms with Crippen molar-refractivity contribution in [1.82, 2.24) is 4.98 Å². The molecule has 1 N–H and O–H groups in total. The highest BCUT2D eigenvalue weighted by atomic mass is 16.2. The predicted molar refractivity (Wildman–Crippen MR) is 128 cm³/mol. The number of rotatable bonds is 8. The van der Waals surface area contributed by atoms with Crippen LogP contribution in [0.4, 0.5) is 5.82 Å². The molecule has 4 nitrogen and oxygen atoms in total. The molecule has 0 fully saturated rings. The number of nitrogens with zero attached hydrogens (tertiary/aromatic N) is 2. The SMILES string of the molecule is CCc1ccc(C#CC(CCCCC#N)(C(=O)Nc2ccccn2)c2ccccc2)cc1. The van der Waals surface area contributed by atoms with E-state index in [0.717, 1.165) is 24.0 Å². The molecule has 32 heavy (non-hydrogen) atoms. The lowest BCUT2D eigenvalue weighted by atomic mass is 9.75. The number of hydrogen-bond donors (Lipinski definition) is 1. The molecule has 0 aliphatic carbocycles. The van der Waals surface area contributed by atoms with Gasteiger partial charge in [-0.15, -0.1) is 0 Å². The van der Waals surface area contributed by atoms with Crippen molar-refractivity contribution in [3.8, 4) is 17.9 Å². The van der Waals surface area contributed by atoms with Gasteiger partial charge >= 0.3 is 0 Å². The average molecular weight is 422 g/mol. The van der Waals surface area contributed by atoms with Crippen LogP contribution in [0.2, 0.25) is 0 Å². The Hall–Kier alpha value is -3.89. The zero-order valence-corrected chi connectivity index (χ0v) is 18.3. The number of carbonyl (C=O) groups excluding carboxylic acids is 1. The fraction of sp³-hybridized carbons (Fsp3) is 0.250. The summed E-state index contributed by atoms with van der Waals surface area (Å²) in [4.78, 5) is 18.0. The van der Waals surface area contributed by atoms with E-state index in [1.54, 1.807) is 12.3 Å². The summed E-state index contributed by atoms with van der Waals surface area (Å²) in [7, 11) is 0. The number of unbranched alkanes of at least 4 members (excludes halogenated alkanes) is 2. The molecular formula is C28H27N3O. The Morgan fingerprint density at radius 2 is 1.75 bits per heavy atom. The maximum Gasteiger partial charge on any atom is 0.248 e. The van der Waals surface area contributed by atoms with E-state index in [-0.39, 0.29) is 5.91 Å². The van der Waals surface area contributed by atoms with E-state index in [1.807, 2.05) is 54.6 Å². The summed E-state index contributed by atoms with van der Waals surface area (Å²) < 4.78 is 0. The molecule has 1 unspecified atom stereocenters. The fourth-order valence-corrected chi connectivity index (χ4v) is 3.56. The molecule has 160 valence electrons. The summed E-state index contributed by atoms with van der Waals surface area (Å²) in [5.74, 6) is 6.85. The van der Waals surface area contributed by atoms with E-state index in [2.05, 4.69) is 47.3 Å². The van der Waals surface area contributed by atoms with Gasteiger partial charge in [-0.05, 0) is 54.7 Å². The summed E-state index contributed by atoms with van der Waals surface area (Å²) in [6.45, 7) is 2.12. The van der Waals surface area contributed by atoms with E-state index in [1.165, 1.54) is 5.56 Å². The van der Waals surface area contributed by atoms with E-state index >= 15 is 0 Å². The van der Waals surface area contributed by atoms with Crippen molar-refractivity contribution in [3.05, 3.63) is 95.7 Å². The highest BCUT2D eigenvalue weighted by Gasteiger charge is 2.38. The van der Waals surface area contributed by atoms with Gasteiger partial charge in [0.25, 0.3) is 0 Å². The van der Waals surface area contributed by atoms with Gasteiger partial charge in [-0.3, -0.25) is 4.79 Å².